The van der Waals surface area contributed by atoms with Crippen LogP contribution in [0.25, 0.3) is 0 Å². The fourth-order valence-corrected chi connectivity index (χ4v) is 5.85. The number of hydrogen-bond acceptors (Lipinski definition) is 5. The fourth-order valence-electron chi connectivity index (χ4n) is 5.73. The normalized spacial score (nSPS) is 23.2. The number of nitrogens with zero attached hydrogens (tertiary/aromatic N) is 2. The first-order valence-electron chi connectivity index (χ1n) is 12.9. The van der Waals surface area contributed by atoms with Gasteiger partial charge < -0.3 is 9.47 Å². The number of imide groups is 1. The van der Waals surface area contributed by atoms with Gasteiger partial charge in [-0.15, -0.1) is 0 Å². The average molecular weight is 525 g/mol. The molecular weight excluding hydrogens is 492 g/mol. The monoisotopic (exact) mass is 524 g/mol. The van der Waals surface area contributed by atoms with E-state index in [-0.39, 0.29) is 18.1 Å². The number of rotatable bonds is 5. The van der Waals surface area contributed by atoms with Crippen molar-refractivity contribution in [1.82, 2.24) is 9.80 Å². The maximum absolute atomic E-state index is 14.3. The van der Waals surface area contributed by atoms with Crippen molar-refractivity contribution in [3.05, 3.63) is 70.7 Å². The summed E-state index contributed by atoms with van der Waals surface area (Å²) in [6, 6.07) is 16.0. The molecule has 2 aromatic rings. The van der Waals surface area contributed by atoms with Crippen molar-refractivity contribution in [3.8, 4) is 0 Å². The quantitative estimate of drug-likeness (QED) is 0.483. The third-order valence-electron chi connectivity index (χ3n) is 7.56. The Morgan fingerprint density at radius 1 is 1.08 bits per heavy atom. The summed E-state index contributed by atoms with van der Waals surface area (Å²) >= 11 is 6.17. The first kappa shape index (κ1) is 25.6. The van der Waals surface area contributed by atoms with E-state index >= 15 is 0 Å². The number of benzene rings is 2. The number of likely N-dealkylation sites (tertiary alicyclic amines) is 1. The Morgan fingerprint density at radius 3 is 2.38 bits per heavy atom. The van der Waals surface area contributed by atoms with Gasteiger partial charge in [-0.25, -0.2) is 14.5 Å². The maximum Gasteiger partial charge on any atom is 0.417 e. The highest BCUT2D eigenvalue weighted by Gasteiger charge is 2.60. The van der Waals surface area contributed by atoms with Crippen LogP contribution in [0.5, 0.6) is 0 Å². The van der Waals surface area contributed by atoms with Gasteiger partial charge in [0.05, 0.1) is 18.0 Å². The summed E-state index contributed by atoms with van der Waals surface area (Å²) in [5.41, 5.74) is 0.774. The fraction of sp³-hybridized carbons (Fsp3) is 0.483. The van der Waals surface area contributed by atoms with E-state index in [9.17, 15) is 14.4 Å². The van der Waals surface area contributed by atoms with Crippen molar-refractivity contribution in [2.24, 2.45) is 0 Å². The van der Waals surface area contributed by atoms with Crippen LogP contribution in [0, 0.1) is 0 Å². The number of hydrogen-bond donors (Lipinski definition) is 0. The molecule has 3 atom stereocenters. The lowest BCUT2D eigenvalue weighted by atomic mass is 9.88. The predicted molar refractivity (Wildman–Crippen MR) is 139 cm³/mol. The first-order valence-corrected chi connectivity index (χ1v) is 13.3. The van der Waals surface area contributed by atoms with Crippen molar-refractivity contribution >= 4 is 29.7 Å². The van der Waals surface area contributed by atoms with Crippen LogP contribution in [0.2, 0.25) is 5.02 Å². The van der Waals surface area contributed by atoms with Crippen LogP contribution in [-0.2, 0) is 20.7 Å². The first-order chi connectivity index (χ1) is 17.6. The Kier molecular flexibility index (Phi) is 6.69. The standard InChI is InChI=1S/C29H33ClN2O5/c1-28(2,3)37-27(35)32-23(13-14-29(32)15-16-29)24(20-9-11-21(30)12-10-20)25(33)31-22(18-36-26(31)34)17-19-7-5-4-6-8-19/h4-12,22-24H,13-18H2,1-3H3/t22-,23+,24+/m1/s1. The third-order valence-corrected chi connectivity index (χ3v) is 7.81. The van der Waals surface area contributed by atoms with E-state index in [1.54, 1.807) is 17.0 Å². The van der Waals surface area contributed by atoms with E-state index in [4.69, 9.17) is 21.1 Å². The van der Waals surface area contributed by atoms with Crippen molar-refractivity contribution in [1.29, 1.82) is 0 Å². The number of carbonyl (C=O) groups is 3. The Morgan fingerprint density at radius 2 is 1.76 bits per heavy atom. The molecule has 2 aliphatic heterocycles. The molecule has 3 amide bonds. The van der Waals surface area contributed by atoms with E-state index in [1.807, 2.05) is 63.2 Å². The maximum atomic E-state index is 14.3. The zero-order valence-corrected chi connectivity index (χ0v) is 22.2. The van der Waals surface area contributed by atoms with Crippen LogP contribution in [0.1, 0.15) is 63.5 Å². The molecular formula is C29H33ClN2O5. The van der Waals surface area contributed by atoms with Gasteiger partial charge in [-0.1, -0.05) is 54.1 Å². The Hall–Kier alpha value is -3.06. The smallest absolute Gasteiger partial charge is 0.417 e. The number of halogens is 1. The Bertz CT molecular complexity index is 1170. The molecule has 37 heavy (non-hydrogen) atoms. The van der Waals surface area contributed by atoms with E-state index in [2.05, 4.69) is 0 Å². The van der Waals surface area contributed by atoms with Gasteiger partial charge >= 0.3 is 12.2 Å². The molecule has 1 saturated carbocycles. The van der Waals surface area contributed by atoms with Gasteiger partial charge in [0.2, 0.25) is 5.91 Å². The molecule has 196 valence electrons. The van der Waals surface area contributed by atoms with Gasteiger partial charge in [0.15, 0.2) is 0 Å². The van der Waals surface area contributed by atoms with E-state index < -0.39 is 35.8 Å². The average Bonchev–Trinajstić information content (AvgIpc) is 3.38. The van der Waals surface area contributed by atoms with Crippen molar-refractivity contribution in [2.75, 3.05) is 6.61 Å². The van der Waals surface area contributed by atoms with Crippen molar-refractivity contribution < 1.29 is 23.9 Å². The molecule has 2 saturated heterocycles. The van der Waals surface area contributed by atoms with Gasteiger partial charge in [0.1, 0.15) is 12.2 Å². The lowest BCUT2D eigenvalue weighted by Crippen LogP contribution is -2.52. The van der Waals surface area contributed by atoms with Gasteiger partial charge in [0.25, 0.3) is 0 Å². The Balaban J connectivity index is 1.51. The highest BCUT2D eigenvalue weighted by Crippen LogP contribution is 2.55. The molecule has 2 aromatic carbocycles. The van der Waals surface area contributed by atoms with Crippen LogP contribution in [0.4, 0.5) is 9.59 Å². The second kappa shape index (κ2) is 9.67. The van der Waals surface area contributed by atoms with Crippen LogP contribution < -0.4 is 0 Å². The minimum Gasteiger partial charge on any atom is -0.447 e. The zero-order chi connectivity index (χ0) is 26.4. The largest absolute Gasteiger partial charge is 0.447 e. The molecule has 0 radical (unpaired) electrons. The molecule has 1 spiro atoms. The van der Waals surface area contributed by atoms with Crippen LogP contribution in [-0.4, -0.2) is 57.7 Å². The molecule has 8 heteroatoms. The second-order valence-electron chi connectivity index (χ2n) is 11.3. The van der Waals surface area contributed by atoms with Crippen LogP contribution in [0.15, 0.2) is 54.6 Å². The van der Waals surface area contributed by atoms with Crippen LogP contribution in [0.3, 0.4) is 0 Å². The second-order valence-corrected chi connectivity index (χ2v) is 11.8. The van der Waals surface area contributed by atoms with Gasteiger partial charge in [-0.2, -0.15) is 0 Å². The zero-order valence-electron chi connectivity index (χ0n) is 21.5. The molecule has 0 unspecified atom stereocenters. The molecule has 0 bridgehead atoms. The number of ether oxygens (including phenoxy) is 2. The highest BCUT2D eigenvalue weighted by molar-refractivity contribution is 6.30. The Labute approximate surface area is 222 Å². The molecule has 5 rings (SSSR count). The molecule has 3 aliphatic rings. The summed E-state index contributed by atoms with van der Waals surface area (Å²) in [4.78, 5) is 43.8. The molecule has 0 aromatic heterocycles. The molecule has 7 nitrogen and oxygen atoms in total. The summed E-state index contributed by atoms with van der Waals surface area (Å²) < 4.78 is 11.2. The molecule has 3 fully saturated rings. The summed E-state index contributed by atoms with van der Waals surface area (Å²) in [7, 11) is 0. The third kappa shape index (κ3) is 5.19. The number of carbonyl (C=O) groups excluding carboxylic acids is 3. The minimum absolute atomic E-state index is 0.136. The predicted octanol–water partition coefficient (Wildman–Crippen LogP) is 5.95. The molecule has 0 N–H and O–H groups in total. The lowest BCUT2D eigenvalue weighted by Gasteiger charge is -2.37. The van der Waals surface area contributed by atoms with Crippen LogP contribution >= 0.6 is 11.6 Å². The minimum atomic E-state index is -0.756. The lowest BCUT2D eigenvalue weighted by molar-refractivity contribution is -0.132. The molecule has 2 heterocycles. The molecule has 1 aliphatic carbocycles. The topological polar surface area (TPSA) is 76.2 Å². The van der Waals surface area contributed by atoms with Gasteiger partial charge in [-0.05, 0) is 76.1 Å². The number of cyclic esters (lactones) is 1. The summed E-state index contributed by atoms with van der Waals surface area (Å²) in [5, 5.41) is 0.548. The SMILES string of the molecule is CC(C)(C)OC(=O)N1[C@H]([C@@H](C(=O)N2C(=O)OC[C@H]2Cc2ccccc2)c2ccc(Cl)cc2)CCC12CC2. The van der Waals surface area contributed by atoms with Gasteiger partial charge in [-0.3, -0.25) is 9.69 Å². The summed E-state index contributed by atoms with van der Waals surface area (Å²) in [6.07, 6.45) is 2.64. The summed E-state index contributed by atoms with van der Waals surface area (Å²) in [6.45, 7) is 5.65. The van der Waals surface area contributed by atoms with Gasteiger partial charge in [0, 0.05) is 10.6 Å². The highest BCUT2D eigenvalue weighted by atomic mass is 35.5. The van der Waals surface area contributed by atoms with Crippen molar-refractivity contribution in [2.45, 2.75) is 82.0 Å². The van der Waals surface area contributed by atoms with E-state index in [1.165, 1.54) is 4.90 Å². The summed E-state index contributed by atoms with van der Waals surface area (Å²) in [5.74, 6) is -1.12. The van der Waals surface area contributed by atoms with E-state index in [0.717, 1.165) is 24.8 Å². The van der Waals surface area contributed by atoms with Crippen molar-refractivity contribution in [3.63, 3.8) is 0 Å². The number of amides is 3. The van der Waals surface area contributed by atoms with E-state index in [0.29, 0.717) is 23.4 Å².